The van der Waals surface area contributed by atoms with Crippen LogP contribution < -0.4 is 25.5 Å². The van der Waals surface area contributed by atoms with Gasteiger partial charge in [-0.15, -0.1) is 0 Å². The van der Waals surface area contributed by atoms with Gasteiger partial charge in [0.1, 0.15) is 0 Å². The molecule has 0 aliphatic carbocycles. The average Bonchev–Trinajstić information content (AvgIpc) is 2.90. The van der Waals surface area contributed by atoms with Gasteiger partial charge in [0.25, 0.3) is 5.91 Å². The van der Waals surface area contributed by atoms with Crippen LogP contribution in [0.1, 0.15) is 25.0 Å². The van der Waals surface area contributed by atoms with Crippen molar-refractivity contribution in [1.29, 1.82) is 0 Å². The van der Waals surface area contributed by atoms with Gasteiger partial charge in [-0.25, -0.2) is 5.43 Å². The highest BCUT2D eigenvalue weighted by molar-refractivity contribution is 14.1. The van der Waals surface area contributed by atoms with E-state index in [1.165, 1.54) is 6.21 Å². The molecular weight excluding hydrogens is 623 g/mol. The maximum atomic E-state index is 12.4. The lowest BCUT2D eigenvalue weighted by molar-refractivity contribution is -0.136. The molecule has 3 N–H and O–H groups in total. The third kappa shape index (κ3) is 8.18. The minimum absolute atomic E-state index is 0.263. The van der Waals surface area contributed by atoms with Gasteiger partial charge in [-0.2, -0.15) is 5.10 Å². The van der Waals surface area contributed by atoms with Crippen LogP contribution in [0.4, 0.5) is 11.4 Å². The molecule has 0 fully saturated rings. The molecule has 198 valence electrons. The summed E-state index contributed by atoms with van der Waals surface area (Å²) in [6, 6.07) is 17.5. The lowest BCUT2D eigenvalue weighted by Crippen LogP contribution is -2.32. The molecule has 3 rings (SSSR count). The Morgan fingerprint density at radius 3 is 2.37 bits per heavy atom. The van der Waals surface area contributed by atoms with Gasteiger partial charge < -0.3 is 20.1 Å². The Labute approximate surface area is 239 Å². The fraction of sp³-hybridized carbons (Fsp3) is 0.185. The number of benzene rings is 3. The minimum Gasteiger partial charge on any atom is -0.490 e. The summed E-state index contributed by atoms with van der Waals surface area (Å²) >= 11 is 8.14. The van der Waals surface area contributed by atoms with Gasteiger partial charge in [0.05, 0.1) is 27.1 Å². The SMILES string of the molecule is CCOc1cc(/C=N\NC(=O)C(=O)Nc2ccccc2CC)cc(I)c1OCC(=O)Nc1ccccc1Cl. The van der Waals surface area contributed by atoms with Crippen molar-refractivity contribution in [1.82, 2.24) is 5.43 Å². The van der Waals surface area contributed by atoms with E-state index in [1.807, 2.05) is 26.0 Å². The molecule has 0 unspecified atom stereocenters. The molecule has 3 aromatic rings. The number of aryl methyl sites for hydroxylation is 1. The quantitative estimate of drug-likeness (QED) is 0.124. The highest BCUT2D eigenvalue weighted by Gasteiger charge is 2.16. The Balaban J connectivity index is 1.62. The van der Waals surface area contributed by atoms with E-state index in [-0.39, 0.29) is 12.5 Å². The second-order valence-corrected chi connectivity index (χ2v) is 9.31. The first-order valence-corrected chi connectivity index (χ1v) is 13.1. The van der Waals surface area contributed by atoms with Crippen LogP contribution in [0.2, 0.25) is 5.02 Å². The predicted octanol–water partition coefficient (Wildman–Crippen LogP) is 5.01. The Kier molecular flexibility index (Phi) is 10.9. The van der Waals surface area contributed by atoms with Crippen molar-refractivity contribution in [3.63, 3.8) is 0 Å². The van der Waals surface area contributed by atoms with Crippen molar-refractivity contribution in [2.24, 2.45) is 5.10 Å². The molecule has 38 heavy (non-hydrogen) atoms. The van der Waals surface area contributed by atoms with Gasteiger partial charge in [-0.3, -0.25) is 14.4 Å². The Morgan fingerprint density at radius 1 is 0.947 bits per heavy atom. The van der Waals surface area contributed by atoms with Crippen LogP contribution in [-0.4, -0.2) is 37.1 Å². The highest BCUT2D eigenvalue weighted by atomic mass is 127. The van der Waals surface area contributed by atoms with E-state index in [4.69, 9.17) is 21.1 Å². The van der Waals surface area contributed by atoms with E-state index < -0.39 is 11.8 Å². The van der Waals surface area contributed by atoms with Crippen molar-refractivity contribution in [3.8, 4) is 11.5 Å². The van der Waals surface area contributed by atoms with Gasteiger partial charge in [-0.05, 0) is 77.4 Å². The molecule has 0 aliphatic rings. The maximum absolute atomic E-state index is 12.4. The number of nitrogens with one attached hydrogen (secondary N) is 3. The largest absolute Gasteiger partial charge is 0.490 e. The van der Waals surface area contributed by atoms with Gasteiger partial charge in [0, 0.05) is 5.69 Å². The Hall–Kier alpha value is -3.64. The summed E-state index contributed by atoms with van der Waals surface area (Å²) in [7, 11) is 0. The van der Waals surface area contributed by atoms with Gasteiger partial charge in [0.2, 0.25) is 0 Å². The fourth-order valence-corrected chi connectivity index (χ4v) is 4.26. The lowest BCUT2D eigenvalue weighted by Gasteiger charge is -2.15. The maximum Gasteiger partial charge on any atom is 0.329 e. The molecule has 0 heterocycles. The number of hydrogen-bond donors (Lipinski definition) is 3. The molecule has 0 spiro atoms. The summed E-state index contributed by atoms with van der Waals surface area (Å²) in [5.74, 6) is -1.34. The van der Waals surface area contributed by atoms with Gasteiger partial charge in [0.15, 0.2) is 18.1 Å². The number of hydrogen-bond acceptors (Lipinski definition) is 6. The predicted molar refractivity (Wildman–Crippen MR) is 156 cm³/mol. The monoisotopic (exact) mass is 648 g/mol. The summed E-state index contributed by atoms with van der Waals surface area (Å²) in [4.78, 5) is 36.8. The number of rotatable bonds is 10. The lowest BCUT2D eigenvalue weighted by atomic mass is 10.1. The molecule has 0 bridgehead atoms. The zero-order chi connectivity index (χ0) is 27.5. The van der Waals surface area contributed by atoms with Crippen LogP contribution in [-0.2, 0) is 20.8 Å². The fourth-order valence-electron chi connectivity index (χ4n) is 3.30. The second kappa shape index (κ2) is 14.3. The van der Waals surface area contributed by atoms with Crippen LogP contribution in [0.5, 0.6) is 11.5 Å². The van der Waals surface area contributed by atoms with E-state index in [0.717, 1.165) is 5.56 Å². The number of carbonyl (C=O) groups excluding carboxylic acids is 3. The standard InChI is InChI=1S/C27H26ClIN4O5/c1-3-18-9-5-7-11-21(18)32-26(35)27(36)33-30-15-17-13-20(29)25(23(14-17)37-4-2)38-16-24(34)31-22-12-8-6-10-19(22)28/h5-15H,3-4,16H2,1-2H3,(H,31,34)(H,32,35)(H,33,36)/b30-15-. The molecule has 0 radical (unpaired) electrons. The van der Waals surface area contributed by atoms with E-state index in [0.29, 0.717) is 50.1 Å². The summed E-state index contributed by atoms with van der Waals surface area (Å²) in [6.07, 6.45) is 2.09. The number of halogens is 2. The van der Waals surface area contributed by atoms with Crippen LogP contribution in [0, 0.1) is 3.57 Å². The van der Waals surface area contributed by atoms with Crippen LogP contribution in [0.15, 0.2) is 65.8 Å². The first-order valence-electron chi connectivity index (χ1n) is 11.7. The van der Waals surface area contributed by atoms with Crippen molar-refractivity contribution in [2.45, 2.75) is 20.3 Å². The molecule has 0 saturated carbocycles. The molecule has 9 nitrogen and oxygen atoms in total. The molecule has 0 aromatic heterocycles. The number of nitrogens with zero attached hydrogens (tertiary/aromatic N) is 1. The number of para-hydroxylation sites is 2. The van der Waals surface area contributed by atoms with Crippen molar-refractivity contribution in [3.05, 3.63) is 80.4 Å². The third-order valence-corrected chi connectivity index (χ3v) is 6.19. The van der Waals surface area contributed by atoms with Crippen LogP contribution >= 0.6 is 34.2 Å². The molecule has 3 aromatic carbocycles. The number of amides is 3. The number of anilines is 2. The van der Waals surface area contributed by atoms with Crippen molar-refractivity contribution < 1.29 is 23.9 Å². The van der Waals surface area contributed by atoms with E-state index in [9.17, 15) is 14.4 Å². The molecule has 0 saturated heterocycles. The third-order valence-electron chi connectivity index (χ3n) is 5.06. The molecule has 3 amide bonds. The summed E-state index contributed by atoms with van der Waals surface area (Å²) in [5, 5.41) is 9.60. The summed E-state index contributed by atoms with van der Waals surface area (Å²) < 4.78 is 12.1. The number of ether oxygens (including phenoxy) is 2. The molecule has 0 atom stereocenters. The molecular formula is C27H26ClIN4O5. The zero-order valence-corrected chi connectivity index (χ0v) is 23.6. The summed E-state index contributed by atoms with van der Waals surface area (Å²) in [5.41, 5.74) is 4.78. The first kappa shape index (κ1) is 28.9. The van der Waals surface area contributed by atoms with Gasteiger partial charge in [-0.1, -0.05) is 48.9 Å². The van der Waals surface area contributed by atoms with Gasteiger partial charge >= 0.3 is 11.8 Å². The molecule has 0 aliphatic heterocycles. The Bertz CT molecular complexity index is 1350. The highest BCUT2D eigenvalue weighted by Crippen LogP contribution is 2.34. The number of hydrazone groups is 1. The van der Waals surface area contributed by atoms with Crippen molar-refractivity contribution in [2.75, 3.05) is 23.8 Å². The Morgan fingerprint density at radius 2 is 1.66 bits per heavy atom. The van der Waals surface area contributed by atoms with Crippen LogP contribution in [0.3, 0.4) is 0 Å². The van der Waals surface area contributed by atoms with E-state index in [1.54, 1.807) is 48.5 Å². The normalized spacial score (nSPS) is 10.6. The summed E-state index contributed by atoms with van der Waals surface area (Å²) in [6.45, 7) is 3.87. The molecule has 11 heteroatoms. The van der Waals surface area contributed by atoms with E-state index >= 15 is 0 Å². The first-order chi connectivity index (χ1) is 18.3. The van der Waals surface area contributed by atoms with E-state index in [2.05, 4.69) is 43.8 Å². The smallest absolute Gasteiger partial charge is 0.329 e. The van der Waals surface area contributed by atoms with Crippen LogP contribution in [0.25, 0.3) is 0 Å². The average molecular weight is 649 g/mol. The number of carbonyl (C=O) groups is 3. The second-order valence-electron chi connectivity index (χ2n) is 7.74. The zero-order valence-electron chi connectivity index (χ0n) is 20.7. The topological polar surface area (TPSA) is 118 Å². The minimum atomic E-state index is -0.906. The van der Waals surface area contributed by atoms with Crippen molar-refractivity contribution >= 4 is 69.5 Å².